The van der Waals surface area contributed by atoms with E-state index in [1.54, 1.807) is 0 Å². The number of aromatic carboxylic acids is 1. The number of thiophene rings is 1. The fourth-order valence-electron chi connectivity index (χ4n) is 1.83. The lowest BCUT2D eigenvalue weighted by Gasteiger charge is -2.00. The Hall–Kier alpha value is -2.49. The third kappa shape index (κ3) is 2.77. The minimum absolute atomic E-state index is 0.162. The summed E-state index contributed by atoms with van der Waals surface area (Å²) in [5.41, 5.74) is 0.586. The Morgan fingerprint density at radius 1 is 1.32 bits per heavy atom. The summed E-state index contributed by atoms with van der Waals surface area (Å²) in [5, 5.41) is 8.80. The van der Waals surface area contributed by atoms with Crippen LogP contribution in [-0.2, 0) is 12.6 Å². The van der Waals surface area contributed by atoms with E-state index in [1.165, 1.54) is 12.3 Å². The van der Waals surface area contributed by atoms with Crippen molar-refractivity contribution in [2.24, 2.45) is 0 Å². The molecule has 0 atom stereocenters. The molecule has 0 amide bonds. The Morgan fingerprint density at radius 3 is 2.73 bits per heavy atom. The maximum atomic E-state index is 12.5. The van der Waals surface area contributed by atoms with Crippen molar-refractivity contribution in [3.05, 3.63) is 39.7 Å². The van der Waals surface area contributed by atoms with Crippen molar-refractivity contribution in [1.29, 1.82) is 0 Å². The molecule has 0 aliphatic rings. The third-order valence-corrected chi connectivity index (χ3v) is 3.89. The van der Waals surface area contributed by atoms with Crippen molar-refractivity contribution < 1.29 is 23.1 Å². The number of rotatable bonds is 3. The van der Waals surface area contributed by atoms with Gasteiger partial charge in [0.25, 0.3) is 0 Å². The molecule has 0 unspecified atom stereocenters. The molecule has 0 fully saturated rings. The number of hydrogen-bond acceptors (Lipinski definition) is 5. The van der Waals surface area contributed by atoms with Crippen LogP contribution in [0.15, 0.2) is 18.3 Å². The van der Waals surface area contributed by atoms with E-state index < -0.39 is 17.0 Å². The van der Waals surface area contributed by atoms with Crippen LogP contribution in [0, 0.1) is 0 Å². The van der Waals surface area contributed by atoms with Gasteiger partial charge < -0.3 is 10.1 Å². The van der Waals surface area contributed by atoms with E-state index >= 15 is 0 Å². The molecule has 3 aromatic heterocycles. The quantitative estimate of drug-likeness (QED) is 0.771. The van der Waals surface area contributed by atoms with Crippen LogP contribution in [0.1, 0.15) is 26.2 Å². The van der Waals surface area contributed by atoms with E-state index in [0.717, 1.165) is 6.07 Å². The van der Waals surface area contributed by atoms with Gasteiger partial charge in [-0.2, -0.15) is 13.2 Å². The van der Waals surface area contributed by atoms with Crippen LogP contribution in [0.4, 0.5) is 13.2 Å². The summed E-state index contributed by atoms with van der Waals surface area (Å²) >= 11 is 0.637. The first-order valence-electron chi connectivity index (χ1n) is 5.94. The van der Waals surface area contributed by atoms with Gasteiger partial charge in [-0.1, -0.05) is 0 Å². The van der Waals surface area contributed by atoms with Crippen LogP contribution < -0.4 is 0 Å². The molecule has 2 N–H and O–H groups in total. The average molecular weight is 328 g/mol. The Bertz CT molecular complexity index is 856. The van der Waals surface area contributed by atoms with Gasteiger partial charge in [0.1, 0.15) is 16.2 Å². The number of nitrogens with one attached hydrogen (secondary N) is 1. The van der Waals surface area contributed by atoms with Crippen molar-refractivity contribution in [2.75, 3.05) is 0 Å². The van der Waals surface area contributed by atoms with E-state index in [0.29, 0.717) is 27.6 Å². The Morgan fingerprint density at radius 2 is 2.09 bits per heavy atom. The SMILES string of the molecule is O=C(O)c1ncc2[nH]c(Cc3ccc(C(F)(F)F)s3)nc2n1. The van der Waals surface area contributed by atoms with Crippen molar-refractivity contribution in [3.8, 4) is 0 Å². The first kappa shape index (κ1) is 14.4. The van der Waals surface area contributed by atoms with Crippen LogP contribution >= 0.6 is 11.3 Å². The number of alkyl halides is 3. The predicted octanol–water partition coefficient (Wildman–Crippen LogP) is 2.72. The normalized spacial score (nSPS) is 12.0. The largest absolute Gasteiger partial charge is 0.475 e. The van der Waals surface area contributed by atoms with Crippen LogP contribution in [-0.4, -0.2) is 31.0 Å². The molecule has 0 radical (unpaired) electrons. The summed E-state index contributed by atoms with van der Waals surface area (Å²) in [7, 11) is 0. The Balaban J connectivity index is 1.88. The summed E-state index contributed by atoms with van der Waals surface area (Å²) in [4.78, 5) is 24.9. The summed E-state index contributed by atoms with van der Waals surface area (Å²) in [6.07, 6.45) is -2.92. The highest BCUT2D eigenvalue weighted by Crippen LogP contribution is 2.35. The number of aromatic amines is 1. The molecule has 0 saturated heterocycles. The van der Waals surface area contributed by atoms with Gasteiger partial charge in [0.2, 0.25) is 5.82 Å². The molecule has 0 spiro atoms. The maximum absolute atomic E-state index is 12.5. The fraction of sp³-hybridized carbons (Fsp3) is 0.167. The first-order chi connectivity index (χ1) is 10.3. The lowest BCUT2D eigenvalue weighted by molar-refractivity contribution is -0.134. The smallest absolute Gasteiger partial charge is 0.425 e. The summed E-state index contributed by atoms with van der Waals surface area (Å²) in [5.74, 6) is -1.28. The molecule has 3 aromatic rings. The molecule has 22 heavy (non-hydrogen) atoms. The second-order valence-corrected chi connectivity index (χ2v) is 5.53. The number of imidazole rings is 1. The predicted molar refractivity (Wildman–Crippen MR) is 70.8 cm³/mol. The highest BCUT2D eigenvalue weighted by molar-refractivity contribution is 7.12. The number of carboxylic acids is 1. The lowest BCUT2D eigenvalue weighted by atomic mass is 10.3. The zero-order valence-electron chi connectivity index (χ0n) is 10.7. The third-order valence-electron chi connectivity index (χ3n) is 2.76. The zero-order valence-corrected chi connectivity index (χ0v) is 11.5. The van der Waals surface area contributed by atoms with Gasteiger partial charge in [-0.25, -0.2) is 19.7 Å². The number of hydrogen-bond donors (Lipinski definition) is 2. The molecular weight excluding hydrogens is 321 g/mol. The maximum Gasteiger partial charge on any atom is 0.425 e. The van der Waals surface area contributed by atoms with Gasteiger partial charge in [-0.3, -0.25) is 0 Å². The van der Waals surface area contributed by atoms with Gasteiger partial charge in [0, 0.05) is 11.3 Å². The van der Waals surface area contributed by atoms with Crippen LogP contribution in [0.2, 0.25) is 0 Å². The van der Waals surface area contributed by atoms with Crippen molar-refractivity contribution in [2.45, 2.75) is 12.6 Å². The monoisotopic (exact) mass is 328 g/mol. The number of fused-ring (bicyclic) bond motifs is 1. The number of aromatic nitrogens is 4. The second-order valence-electron chi connectivity index (χ2n) is 4.36. The molecule has 3 heterocycles. The topological polar surface area (TPSA) is 91.8 Å². The molecule has 0 saturated carbocycles. The van der Waals surface area contributed by atoms with Gasteiger partial charge >= 0.3 is 12.1 Å². The minimum atomic E-state index is -4.36. The second kappa shape index (κ2) is 5.05. The molecule has 0 aromatic carbocycles. The van der Waals surface area contributed by atoms with Crippen molar-refractivity contribution in [3.63, 3.8) is 0 Å². The zero-order chi connectivity index (χ0) is 15.9. The van der Waals surface area contributed by atoms with E-state index in [2.05, 4.69) is 19.9 Å². The minimum Gasteiger partial charge on any atom is -0.475 e. The molecular formula is C12H7F3N4O2S. The number of nitrogens with zero attached hydrogens (tertiary/aromatic N) is 3. The van der Waals surface area contributed by atoms with Crippen molar-refractivity contribution in [1.82, 2.24) is 19.9 Å². The van der Waals surface area contributed by atoms with E-state index in [-0.39, 0.29) is 17.9 Å². The average Bonchev–Trinajstić information content (AvgIpc) is 3.03. The summed E-state index contributed by atoms with van der Waals surface area (Å²) < 4.78 is 37.6. The number of H-pyrrole nitrogens is 1. The molecule has 0 bridgehead atoms. The molecule has 10 heteroatoms. The van der Waals surface area contributed by atoms with Gasteiger partial charge in [0.15, 0.2) is 5.65 Å². The van der Waals surface area contributed by atoms with Gasteiger partial charge in [-0.05, 0) is 12.1 Å². The molecule has 0 aliphatic heterocycles. The first-order valence-corrected chi connectivity index (χ1v) is 6.75. The highest BCUT2D eigenvalue weighted by atomic mass is 32.1. The number of carboxylic acid groups (broad SMARTS) is 1. The Kier molecular flexibility index (Phi) is 3.32. The summed E-state index contributed by atoms with van der Waals surface area (Å²) in [6.45, 7) is 0. The van der Waals surface area contributed by atoms with Crippen LogP contribution in [0.3, 0.4) is 0 Å². The van der Waals surface area contributed by atoms with Gasteiger partial charge in [-0.15, -0.1) is 11.3 Å². The van der Waals surface area contributed by atoms with Crippen LogP contribution in [0.25, 0.3) is 11.2 Å². The lowest BCUT2D eigenvalue weighted by Crippen LogP contribution is -2.03. The highest BCUT2D eigenvalue weighted by Gasteiger charge is 2.32. The van der Waals surface area contributed by atoms with Gasteiger partial charge in [0.05, 0.1) is 6.20 Å². The van der Waals surface area contributed by atoms with E-state index in [1.807, 2.05) is 0 Å². The molecule has 0 aliphatic carbocycles. The number of halogens is 3. The Labute approximate surface area is 124 Å². The summed E-state index contributed by atoms with van der Waals surface area (Å²) in [6, 6.07) is 2.40. The van der Waals surface area contributed by atoms with E-state index in [9.17, 15) is 18.0 Å². The standard InChI is InChI=1S/C12H7F3N4O2S/c13-12(14,15)7-2-1-5(22-7)3-8-17-6-4-16-10(11(20)21)19-9(6)18-8/h1-2,4H,3H2,(H,20,21)(H,16,17,18,19). The van der Waals surface area contributed by atoms with E-state index in [4.69, 9.17) is 5.11 Å². The fourth-order valence-corrected chi connectivity index (χ4v) is 2.71. The molecule has 6 nitrogen and oxygen atoms in total. The van der Waals surface area contributed by atoms with Crippen LogP contribution in [0.5, 0.6) is 0 Å². The molecule has 3 rings (SSSR count). The van der Waals surface area contributed by atoms with Crippen molar-refractivity contribution >= 4 is 28.5 Å². The molecule has 114 valence electrons. The number of carbonyl (C=O) groups is 1.